The van der Waals surface area contributed by atoms with Crippen molar-refractivity contribution in [2.75, 3.05) is 7.11 Å². The zero-order valence-corrected chi connectivity index (χ0v) is 21.1. The predicted molar refractivity (Wildman–Crippen MR) is 136 cm³/mol. The highest BCUT2D eigenvalue weighted by Crippen LogP contribution is 2.37. The van der Waals surface area contributed by atoms with E-state index in [4.69, 9.17) is 10.5 Å². The number of aromatic nitrogens is 1. The van der Waals surface area contributed by atoms with Crippen molar-refractivity contribution < 1.29 is 32.2 Å². The number of nitrogens with two attached hydrogens (primary N) is 1. The van der Waals surface area contributed by atoms with Gasteiger partial charge >= 0.3 is 11.6 Å². The van der Waals surface area contributed by atoms with Crippen LogP contribution in [-0.4, -0.2) is 45.4 Å². The molecule has 198 valence electrons. The smallest absolute Gasteiger partial charge is 0.493 e. The molecule has 0 bridgehead atoms. The second kappa shape index (κ2) is 11.2. The quantitative estimate of drug-likeness (QED) is 0.372. The standard InChI is InChI=1S/C26H23F3N4O4S/c1-3-21-22(18-8-9-19(20(14-18)36-2)37-26(27,28)29)32-33(25(35)38-21)24(30)17-6-4-15(5-7-17)23(34)16-10-12-31-13-11-16/h4-14,21,24H,3,30H2,1-2H3. The first-order valence-corrected chi connectivity index (χ1v) is 12.3. The summed E-state index contributed by atoms with van der Waals surface area (Å²) in [5.74, 6) is -0.813. The number of nitrogens with zero attached hydrogens (tertiary/aromatic N) is 3. The van der Waals surface area contributed by atoms with Gasteiger partial charge in [0.15, 0.2) is 17.3 Å². The molecular weight excluding hydrogens is 521 g/mol. The molecule has 2 aromatic carbocycles. The number of pyridine rings is 1. The molecule has 2 unspecified atom stereocenters. The zero-order chi connectivity index (χ0) is 27.4. The molecule has 3 aromatic rings. The van der Waals surface area contributed by atoms with Crippen molar-refractivity contribution in [2.24, 2.45) is 10.8 Å². The van der Waals surface area contributed by atoms with Gasteiger partial charge in [-0.3, -0.25) is 14.6 Å². The van der Waals surface area contributed by atoms with Crippen molar-refractivity contribution in [1.82, 2.24) is 9.99 Å². The summed E-state index contributed by atoms with van der Waals surface area (Å²) in [6, 6.07) is 13.7. The molecule has 0 radical (unpaired) electrons. The number of ether oxygens (including phenoxy) is 2. The van der Waals surface area contributed by atoms with Gasteiger partial charge in [-0.15, -0.1) is 13.2 Å². The second-order valence-electron chi connectivity index (χ2n) is 8.16. The molecule has 2 N–H and O–H groups in total. The van der Waals surface area contributed by atoms with Crippen molar-refractivity contribution in [3.63, 3.8) is 0 Å². The van der Waals surface area contributed by atoms with Crippen LogP contribution in [0.15, 0.2) is 72.1 Å². The predicted octanol–water partition coefficient (Wildman–Crippen LogP) is 5.53. The van der Waals surface area contributed by atoms with Gasteiger partial charge in [0.2, 0.25) is 0 Å². The Labute approximate surface area is 220 Å². The largest absolute Gasteiger partial charge is 0.573 e. The van der Waals surface area contributed by atoms with Crippen molar-refractivity contribution in [3.8, 4) is 11.5 Å². The van der Waals surface area contributed by atoms with E-state index < -0.39 is 18.3 Å². The molecule has 0 spiro atoms. The molecule has 0 fully saturated rings. The summed E-state index contributed by atoms with van der Waals surface area (Å²) >= 11 is 1.02. The molecule has 1 aliphatic rings. The molecule has 2 atom stereocenters. The zero-order valence-electron chi connectivity index (χ0n) is 20.3. The lowest BCUT2D eigenvalue weighted by atomic mass is 10.0. The van der Waals surface area contributed by atoms with Crippen LogP contribution < -0.4 is 15.2 Å². The van der Waals surface area contributed by atoms with Gasteiger partial charge in [0.1, 0.15) is 6.17 Å². The van der Waals surface area contributed by atoms with Crippen molar-refractivity contribution in [1.29, 1.82) is 0 Å². The average molecular weight is 545 g/mol. The number of hydrogen-bond acceptors (Lipinski definition) is 8. The number of methoxy groups -OCH3 is 1. The minimum absolute atomic E-state index is 0.135. The molecule has 4 rings (SSSR count). The second-order valence-corrected chi connectivity index (χ2v) is 9.31. The Kier molecular flexibility index (Phi) is 8.02. The molecule has 8 nitrogen and oxygen atoms in total. The number of alkyl halides is 3. The van der Waals surface area contributed by atoms with Crippen molar-refractivity contribution in [2.45, 2.75) is 31.1 Å². The molecule has 38 heavy (non-hydrogen) atoms. The van der Waals surface area contributed by atoms with Crippen LogP contribution in [0.25, 0.3) is 0 Å². The minimum atomic E-state index is -4.88. The van der Waals surface area contributed by atoms with Crippen LogP contribution in [0.2, 0.25) is 0 Å². The Morgan fingerprint density at radius 2 is 1.74 bits per heavy atom. The summed E-state index contributed by atoms with van der Waals surface area (Å²) in [4.78, 5) is 29.5. The first-order valence-electron chi connectivity index (χ1n) is 11.4. The molecule has 1 aromatic heterocycles. The lowest BCUT2D eigenvalue weighted by Gasteiger charge is -2.32. The normalized spacial score (nSPS) is 16.6. The fourth-order valence-corrected chi connectivity index (χ4v) is 4.79. The van der Waals surface area contributed by atoms with Gasteiger partial charge < -0.3 is 15.2 Å². The number of rotatable bonds is 8. The Bertz CT molecular complexity index is 1350. The maximum atomic E-state index is 12.9. The van der Waals surface area contributed by atoms with Gasteiger partial charge in [-0.05, 0) is 42.3 Å². The van der Waals surface area contributed by atoms with Crippen molar-refractivity contribution >= 4 is 28.5 Å². The number of halogens is 3. The van der Waals surface area contributed by atoms with E-state index in [1.165, 1.54) is 31.6 Å². The number of ketones is 1. The van der Waals surface area contributed by atoms with Crippen LogP contribution in [0.4, 0.5) is 18.0 Å². The Morgan fingerprint density at radius 3 is 2.34 bits per heavy atom. The molecule has 0 aliphatic carbocycles. The van der Waals surface area contributed by atoms with E-state index in [9.17, 15) is 22.8 Å². The summed E-state index contributed by atoms with van der Waals surface area (Å²) in [5, 5.41) is 4.90. The molecule has 1 amide bonds. The first kappa shape index (κ1) is 27.1. The van der Waals surface area contributed by atoms with Crippen LogP contribution in [0.3, 0.4) is 0 Å². The van der Waals surface area contributed by atoms with Gasteiger partial charge in [-0.2, -0.15) is 5.10 Å². The fourth-order valence-electron chi connectivity index (χ4n) is 3.83. The van der Waals surface area contributed by atoms with E-state index >= 15 is 0 Å². The Hall–Kier alpha value is -3.90. The first-order chi connectivity index (χ1) is 18.1. The number of carbonyl (C=O) groups is 2. The van der Waals surface area contributed by atoms with Crippen LogP contribution in [0, 0.1) is 0 Å². The van der Waals surface area contributed by atoms with Crippen LogP contribution in [-0.2, 0) is 0 Å². The minimum Gasteiger partial charge on any atom is -0.493 e. The Morgan fingerprint density at radius 1 is 1.08 bits per heavy atom. The molecule has 12 heteroatoms. The molecular formula is C26H23F3N4O4S. The number of benzene rings is 2. The maximum Gasteiger partial charge on any atom is 0.573 e. The van der Waals surface area contributed by atoms with E-state index in [-0.39, 0.29) is 22.0 Å². The fraction of sp³-hybridized carbons (Fsp3) is 0.231. The number of amides is 1. The third-order valence-electron chi connectivity index (χ3n) is 5.73. The number of hydrogen-bond donors (Lipinski definition) is 1. The Balaban J connectivity index is 1.62. The SMILES string of the molecule is CCC1SC(=O)N(C(N)c2ccc(C(=O)c3ccncc3)cc2)N=C1c1ccc(OC(F)(F)F)c(OC)c1. The molecule has 2 heterocycles. The maximum absolute atomic E-state index is 12.9. The van der Waals surface area contributed by atoms with Gasteiger partial charge in [-0.1, -0.05) is 43.0 Å². The van der Waals surface area contributed by atoms with Crippen molar-refractivity contribution in [3.05, 3.63) is 89.2 Å². The number of hydrazone groups is 1. The third-order valence-corrected chi connectivity index (χ3v) is 6.96. The van der Waals surface area contributed by atoms with E-state index in [1.807, 2.05) is 6.92 Å². The highest BCUT2D eigenvalue weighted by molar-refractivity contribution is 8.14. The average Bonchev–Trinajstić information content (AvgIpc) is 2.92. The summed E-state index contributed by atoms with van der Waals surface area (Å²) in [5.41, 5.74) is 8.77. The van der Waals surface area contributed by atoms with E-state index in [0.717, 1.165) is 22.8 Å². The summed E-state index contributed by atoms with van der Waals surface area (Å²) < 4.78 is 47.4. The summed E-state index contributed by atoms with van der Waals surface area (Å²) in [6.07, 6.45) is -2.26. The van der Waals surface area contributed by atoms with E-state index in [1.54, 1.807) is 36.4 Å². The lowest BCUT2D eigenvalue weighted by Crippen LogP contribution is -2.40. The summed E-state index contributed by atoms with van der Waals surface area (Å²) in [7, 11) is 1.23. The lowest BCUT2D eigenvalue weighted by molar-refractivity contribution is -0.275. The van der Waals surface area contributed by atoms with Crippen LogP contribution in [0.1, 0.15) is 46.6 Å². The molecule has 0 saturated carbocycles. The molecule has 0 saturated heterocycles. The highest BCUT2D eigenvalue weighted by atomic mass is 32.2. The van der Waals surface area contributed by atoms with Crippen LogP contribution in [0.5, 0.6) is 11.5 Å². The van der Waals surface area contributed by atoms with Gasteiger partial charge in [-0.25, -0.2) is 5.01 Å². The van der Waals surface area contributed by atoms with E-state index in [0.29, 0.717) is 34.4 Å². The topological polar surface area (TPSA) is 107 Å². The summed E-state index contributed by atoms with van der Waals surface area (Å²) in [6.45, 7) is 1.87. The van der Waals surface area contributed by atoms with E-state index in [2.05, 4.69) is 14.8 Å². The monoisotopic (exact) mass is 544 g/mol. The molecule has 1 aliphatic heterocycles. The van der Waals surface area contributed by atoms with Crippen LogP contribution >= 0.6 is 11.8 Å². The van der Waals surface area contributed by atoms with Gasteiger partial charge in [0.25, 0.3) is 0 Å². The highest BCUT2D eigenvalue weighted by Gasteiger charge is 2.35. The van der Waals surface area contributed by atoms with Gasteiger partial charge in [0.05, 0.1) is 18.1 Å². The van der Waals surface area contributed by atoms with Gasteiger partial charge in [0, 0.05) is 29.1 Å². The number of carbonyl (C=O) groups excluding carboxylic acids is 2. The third kappa shape index (κ3) is 5.97. The number of thioether (sulfide) groups is 1.